The highest BCUT2D eigenvalue weighted by Crippen LogP contribution is 2.46. The zero-order valence-electron chi connectivity index (χ0n) is 19.3. The topological polar surface area (TPSA) is 82.5 Å². The fraction of sp³-hybridized carbons (Fsp3) is 0.250. The van der Waals surface area contributed by atoms with Crippen LogP contribution in [0, 0.1) is 11.6 Å². The number of pyridine rings is 1. The van der Waals surface area contributed by atoms with Gasteiger partial charge < -0.3 is 14.6 Å². The van der Waals surface area contributed by atoms with Gasteiger partial charge in [-0.25, -0.2) is 13.9 Å². The molecule has 1 aromatic heterocycles. The Bertz CT molecular complexity index is 1240. The number of β-amino-alcohol motifs (C(OH)–C–C–N with tert-alkyl or cyclic N) is 1. The molecule has 1 unspecified atom stereocenters. The highest BCUT2D eigenvalue weighted by atomic mass is 19.3. The molecule has 4 rings (SSSR count). The van der Waals surface area contributed by atoms with Crippen molar-refractivity contribution in [3.05, 3.63) is 89.2 Å². The maximum atomic E-state index is 15.8. The second-order valence-electron chi connectivity index (χ2n) is 8.06. The second-order valence-corrected chi connectivity index (χ2v) is 8.06. The lowest BCUT2D eigenvalue weighted by atomic mass is 9.84. The Morgan fingerprint density at radius 1 is 1.06 bits per heavy atom. The molecule has 1 aliphatic rings. The molecule has 2 aromatic carbocycles. The van der Waals surface area contributed by atoms with Gasteiger partial charge in [0.25, 0.3) is 0 Å². The van der Waals surface area contributed by atoms with Crippen molar-refractivity contribution >= 4 is 6.34 Å². The Morgan fingerprint density at radius 3 is 2.50 bits per heavy atom. The van der Waals surface area contributed by atoms with Gasteiger partial charge in [-0.3, -0.25) is 9.99 Å². The van der Waals surface area contributed by atoms with Gasteiger partial charge in [0, 0.05) is 18.7 Å². The lowest BCUT2D eigenvalue weighted by Gasteiger charge is -2.38. The Hall–Kier alpha value is -3.90. The van der Waals surface area contributed by atoms with Gasteiger partial charge >= 0.3 is 5.92 Å². The number of hydrogen-bond donors (Lipinski definition) is 2. The number of alkyl halides is 2. The van der Waals surface area contributed by atoms with E-state index in [1.165, 1.54) is 25.3 Å². The molecule has 0 spiro atoms. The summed E-state index contributed by atoms with van der Waals surface area (Å²) in [6.07, 6.45) is 2.22. The third-order valence-electron chi connectivity index (χ3n) is 5.53. The average Bonchev–Trinajstić information content (AvgIpc) is 3.27. The number of ether oxygens (including phenoxy) is 2. The van der Waals surface area contributed by atoms with Crippen molar-refractivity contribution in [1.82, 2.24) is 20.6 Å². The highest BCUT2D eigenvalue weighted by molar-refractivity contribution is 5.55. The van der Waals surface area contributed by atoms with Crippen LogP contribution in [0.5, 0.6) is 11.5 Å². The zero-order chi connectivity index (χ0) is 25.9. The minimum absolute atomic E-state index is 0.132. The van der Waals surface area contributed by atoms with Crippen molar-refractivity contribution in [2.75, 3.05) is 20.7 Å². The molecule has 190 valence electrons. The molecular weight excluding hydrogens is 482 g/mol. The number of hydrogen-bond acceptors (Lipinski definition) is 8. The molecule has 0 saturated heterocycles. The van der Waals surface area contributed by atoms with Crippen molar-refractivity contribution in [1.29, 1.82) is 0 Å². The molecule has 0 radical (unpaired) electrons. The molecule has 12 heteroatoms. The van der Waals surface area contributed by atoms with Gasteiger partial charge in [0.05, 0.1) is 19.9 Å². The van der Waals surface area contributed by atoms with Gasteiger partial charge in [-0.1, -0.05) is 12.1 Å². The summed E-state index contributed by atoms with van der Waals surface area (Å²) in [4.78, 5) is 3.79. The molecule has 0 aliphatic carbocycles. The normalized spacial score (nSPS) is 15.2. The third kappa shape index (κ3) is 5.04. The van der Waals surface area contributed by atoms with E-state index < -0.39 is 41.0 Å². The predicted octanol–water partition coefficient (Wildman–Crippen LogP) is 3.54. The van der Waals surface area contributed by atoms with E-state index in [0.717, 1.165) is 41.3 Å². The molecule has 2 heterocycles. The van der Waals surface area contributed by atoms with E-state index in [1.807, 2.05) is 6.07 Å². The fourth-order valence-electron chi connectivity index (χ4n) is 3.67. The molecular formula is C24H23F4N5O3. The molecule has 8 nitrogen and oxygen atoms in total. The van der Waals surface area contributed by atoms with E-state index in [4.69, 9.17) is 9.47 Å². The van der Waals surface area contributed by atoms with Crippen LogP contribution in [0.3, 0.4) is 0 Å². The van der Waals surface area contributed by atoms with E-state index in [9.17, 15) is 13.9 Å². The quantitative estimate of drug-likeness (QED) is 0.431. The number of benzene rings is 2. The van der Waals surface area contributed by atoms with Crippen LogP contribution < -0.4 is 15.0 Å². The van der Waals surface area contributed by atoms with Crippen molar-refractivity contribution in [3.63, 3.8) is 0 Å². The summed E-state index contributed by atoms with van der Waals surface area (Å²) in [6.45, 7) is -0.709. The summed E-state index contributed by atoms with van der Waals surface area (Å²) in [5.74, 6) is -5.59. The van der Waals surface area contributed by atoms with Crippen LogP contribution in [-0.2, 0) is 18.1 Å². The Labute approximate surface area is 204 Å². The van der Waals surface area contributed by atoms with Crippen LogP contribution in [0.4, 0.5) is 17.6 Å². The minimum Gasteiger partial charge on any atom is -0.497 e. The lowest BCUT2D eigenvalue weighted by molar-refractivity contribution is -0.207. The zero-order valence-corrected chi connectivity index (χ0v) is 19.3. The number of rotatable bonds is 9. The van der Waals surface area contributed by atoms with Crippen molar-refractivity contribution < 1.29 is 32.1 Å². The van der Waals surface area contributed by atoms with Crippen molar-refractivity contribution in [2.24, 2.45) is 5.10 Å². The number of nitrogens with zero attached hydrogens (tertiary/aromatic N) is 4. The van der Waals surface area contributed by atoms with Crippen LogP contribution >= 0.6 is 0 Å². The summed E-state index contributed by atoms with van der Waals surface area (Å²) in [5.41, 5.74) is -1.43. The van der Waals surface area contributed by atoms with Gasteiger partial charge in [0.2, 0.25) is 0 Å². The Balaban J connectivity index is 1.60. The van der Waals surface area contributed by atoms with Gasteiger partial charge in [0.1, 0.15) is 41.8 Å². The molecule has 1 atom stereocenters. The van der Waals surface area contributed by atoms with E-state index in [1.54, 1.807) is 18.2 Å². The first-order valence-corrected chi connectivity index (χ1v) is 10.7. The van der Waals surface area contributed by atoms with Gasteiger partial charge in [-0.2, -0.15) is 8.78 Å². The minimum atomic E-state index is -4.12. The van der Waals surface area contributed by atoms with Gasteiger partial charge in [-0.05, 0) is 42.0 Å². The largest absolute Gasteiger partial charge is 0.497 e. The highest BCUT2D eigenvalue weighted by Gasteiger charge is 2.58. The average molecular weight is 505 g/mol. The molecule has 2 N–H and O–H groups in total. The molecule has 1 aliphatic heterocycles. The fourth-order valence-corrected chi connectivity index (χ4v) is 3.67. The summed E-state index contributed by atoms with van der Waals surface area (Å²) in [7, 11) is 3.03. The van der Waals surface area contributed by atoms with Crippen LogP contribution in [0.2, 0.25) is 0 Å². The summed E-state index contributed by atoms with van der Waals surface area (Å²) in [6, 6.07) is 11.4. The van der Waals surface area contributed by atoms with E-state index >= 15 is 8.78 Å². The van der Waals surface area contributed by atoms with Crippen LogP contribution in [0.1, 0.15) is 16.8 Å². The van der Waals surface area contributed by atoms with Gasteiger partial charge in [-0.15, -0.1) is 10.6 Å². The number of hydrazine groups is 2. The molecule has 0 bridgehead atoms. The molecule has 0 fully saturated rings. The van der Waals surface area contributed by atoms with Crippen LogP contribution in [0.15, 0.2) is 65.9 Å². The van der Waals surface area contributed by atoms with Crippen LogP contribution in [-0.4, -0.2) is 47.3 Å². The first kappa shape index (κ1) is 25.2. The van der Waals surface area contributed by atoms with E-state index in [0.29, 0.717) is 11.8 Å². The van der Waals surface area contributed by atoms with Crippen LogP contribution in [0.25, 0.3) is 0 Å². The predicted molar refractivity (Wildman–Crippen MR) is 122 cm³/mol. The van der Waals surface area contributed by atoms with Crippen molar-refractivity contribution in [2.45, 2.75) is 18.1 Å². The van der Waals surface area contributed by atoms with Crippen molar-refractivity contribution in [3.8, 4) is 11.5 Å². The molecule has 0 amide bonds. The number of aliphatic hydroxyl groups is 1. The summed E-state index contributed by atoms with van der Waals surface area (Å²) < 4.78 is 70.6. The number of hydrazone groups is 1. The Morgan fingerprint density at radius 2 is 1.86 bits per heavy atom. The summed E-state index contributed by atoms with van der Waals surface area (Å²) >= 11 is 0. The molecule has 36 heavy (non-hydrogen) atoms. The smallest absolute Gasteiger partial charge is 0.323 e. The molecule has 3 aromatic rings. The maximum absolute atomic E-state index is 15.8. The van der Waals surface area contributed by atoms with Gasteiger partial charge in [0.15, 0.2) is 5.60 Å². The first-order chi connectivity index (χ1) is 17.1. The number of methoxy groups -OCH3 is 1. The third-order valence-corrected chi connectivity index (χ3v) is 5.53. The van der Waals surface area contributed by atoms with E-state index in [-0.39, 0.29) is 12.4 Å². The second kappa shape index (κ2) is 9.99. The number of nitrogens with one attached hydrogen (secondary N) is 1. The Kier molecular flexibility index (Phi) is 7.00. The maximum Gasteiger partial charge on any atom is 0.323 e. The number of halogens is 4. The first-order valence-electron chi connectivity index (χ1n) is 10.7. The lowest BCUT2D eigenvalue weighted by Crippen LogP contribution is -2.55. The number of aromatic nitrogens is 1. The SMILES string of the molecule is COc1cccc(COc2ccc(C(F)(F)C(O)(CN3C=NN(C)N3)c3ccc(F)cc3F)nc2)c1. The van der Waals surface area contributed by atoms with E-state index in [2.05, 4.69) is 15.6 Å². The molecule has 0 saturated carbocycles. The monoisotopic (exact) mass is 505 g/mol. The summed E-state index contributed by atoms with van der Waals surface area (Å²) in [5, 5.41) is 17.4. The standard InChI is InChI=1S/C24H23F4N5O3/c1-32-30-15-33(31-32)14-23(34,20-8-6-17(25)11-21(20)26)24(27,28)22-9-7-19(12-29-22)36-13-16-4-3-5-18(10-16)35-2/h3-12,15,31,34H,13-14H2,1-2H3.